The van der Waals surface area contributed by atoms with Gasteiger partial charge in [-0.25, -0.2) is 9.97 Å². The summed E-state index contributed by atoms with van der Waals surface area (Å²) >= 11 is 12.5. The van der Waals surface area contributed by atoms with E-state index in [1.165, 1.54) is 0 Å². The second-order valence-electron chi connectivity index (χ2n) is 4.71. The molecule has 2 heterocycles. The molecule has 0 aliphatic heterocycles. The third-order valence-electron chi connectivity index (χ3n) is 3.42. The lowest BCUT2D eigenvalue weighted by Crippen LogP contribution is -1.82. The molecule has 0 unspecified atom stereocenters. The van der Waals surface area contributed by atoms with Crippen molar-refractivity contribution in [1.82, 2.24) is 15.0 Å². The summed E-state index contributed by atoms with van der Waals surface area (Å²) in [6.07, 6.45) is 0. The van der Waals surface area contributed by atoms with Gasteiger partial charge in [-0.15, -0.1) is 0 Å². The van der Waals surface area contributed by atoms with Crippen LogP contribution in [-0.2, 0) is 0 Å². The van der Waals surface area contributed by atoms with Crippen LogP contribution in [0.1, 0.15) is 0 Å². The van der Waals surface area contributed by atoms with Gasteiger partial charge in [0.05, 0.1) is 10.5 Å². The summed E-state index contributed by atoms with van der Waals surface area (Å²) in [5, 5.41) is 2.02. The predicted octanol–water partition coefficient (Wildman–Crippen LogP) is 5.08. The molecule has 102 valence electrons. The molecule has 0 aliphatic rings. The lowest BCUT2D eigenvalue weighted by molar-refractivity contribution is 1.33. The molecule has 0 saturated heterocycles. The number of nitrogens with zero attached hydrogens (tertiary/aromatic N) is 2. The van der Waals surface area contributed by atoms with E-state index in [9.17, 15) is 0 Å². The molecule has 0 spiro atoms. The number of pyridine rings is 1. The van der Waals surface area contributed by atoms with Crippen LogP contribution in [0, 0.1) is 0 Å². The highest BCUT2D eigenvalue weighted by atomic mass is 35.5. The van der Waals surface area contributed by atoms with Crippen LogP contribution in [0.5, 0.6) is 0 Å². The van der Waals surface area contributed by atoms with Crippen molar-refractivity contribution in [3.05, 3.63) is 58.7 Å². The van der Waals surface area contributed by atoms with Crippen LogP contribution in [0.15, 0.2) is 48.5 Å². The highest BCUT2D eigenvalue weighted by Gasteiger charge is 2.14. The Kier molecular flexibility index (Phi) is 2.84. The molecular weight excluding hydrogens is 305 g/mol. The molecule has 3 nitrogen and oxygen atoms in total. The van der Waals surface area contributed by atoms with Crippen LogP contribution in [0.2, 0.25) is 10.2 Å². The fourth-order valence-electron chi connectivity index (χ4n) is 2.43. The lowest BCUT2D eigenvalue weighted by Gasteiger charge is -1.98. The van der Waals surface area contributed by atoms with Crippen LogP contribution >= 0.6 is 23.2 Å². The highest BCUT2D eigenvalue weighted by Crippen LogP contribution is 2.32. The average Bonchev–Trinajstić information content (AvgIpc) is 2.94. The standard InChI is InChI=1S/C16H9Cl2N3/c17-11-7-3-1-5-9(11)16-20-13-10-6-2-4-8-12(10)19-15(18)14(13)21-16/h1-8H,(H,20,21). The van der Waals surface area contributed by atoms with Gasteiger partial charge in [0.25, 0.3) is 0 Å². The van der Waals surface area contributed by atoms with Crippen molar-refractivity contribution >= 4 is 45.1 Å². The van der Waals surface area contributed by atoms with Gasteiger partial charge < -0.3 is 4.98 Å². The molecule has 0 fully saturated rings. The molecule has 0 saturated carbocycles. The van der Waals surface area contributed by atoms with Gasteiger partial charge in [0.2, 0.25) is 0 Å². The SMILES string of the molecule is Clc1ccccc1-c1nc2c([nH]1)c(Cl)nc1ccccc12. The van der Waals surface area contributed by atoms with Gasteiger partial charge in [-0.3, -0.25) is 0 Å². The van der Waals surface area contributed by atoms with E-state index < -0.39 is 0 Å². The quantitative estimate of drug-likeness (QED) is 0.497. The van der Waals surface area contributed by atoms with Crippen molar-refractivity contribution in [1.29, 1.82) is 0 Å². The van der Waals surface area contributed by atoms with E-state index in [0.29, 0.717) is 16.0 Å². The monoisotopic (exact) mass is 313 g/mol. The van der Waals surface area contributed by atoms with E-state index in [0.717, 1.165) is 27.5 Å². The summed E-state index contributed by atoms with van der Waals surface area (Å²) in [6.45, 7) is 0. The summed E-state index contributed by atoms with van der Waals surface area (Å²) in [5.74, 6) is 0.690. The van der Waals surface area contributed by atoms with E-state index in [2.05, 4.69) is 15.0 Å². The minimum Gasteiger partial charge on any atom is -0.335 e. The number of para-hydroxylation sites is 1. The maximum absolute atomic E-state index is 6.26. The first kappa shape index (κ1) is 12.6. The molecule has 0 atom stereocenters. The maximum atomic E-state index is 6.26. The molecule has 4 aromatic rings. The Morgan fingerprint density at radius 1 is 0.857 bits per heavy atom. The zero-order valence-corrected chi connectivity index (χ0v) is 12.3. The number of benzene rings is 2. The number of rotatable bonds is 1. The van der Waals surface area contributed by atoms with Crippen molar-refractivity contribution in [3.8, 4) is 11.4 Å². The van der Waals surface area contributed by atoms with Gasteiger partial charge >= 0.3 is 0 Å². The van der Waals surface area contributed by atoms with Crippen molar-refractivity contribution < 1.29 is 0 Å². The Morgan fingerprint density at radius 3 is 2.48 bits per heavy atom. The summed E-state index contributed by atoms with van der Waals surface area (Å²) in [4.78, 5) is 12.3. The Morgan fingerprint density at radius 2 is 1.62 bits per heavy atom. The molecular formula is C16H9Cl2N3. The summed E-state index contributed by atoms with van der Waals surface area (Å²) in [7, 11) is 0. The molecule has 0 aliphatic carbocycles. The van der Waals surface area contributed by atoms with Gasteiger partial charge in [-0.05, 0) is 18.2 Å². The van der Waals surface area contributed by atoms with Crippen LogP contribution < -0.4 is 0 Å². The average molecular weight is 314 g/mol. The van der Waals surface area contributed by atoms with E-state index >= 15 is 0 Å². The molecule has 0 radical (unpaired) electrons. The second kappa shape index (κ2) is 4.72. The molecule has 0 bridgehead atoms. The number of imidazole rings is 1. The molecule has 21 heavy (non-hydrogen) atoms. The topological polar surface area (TPSA) is 41.6 Å². The van der Waals surface area contributed by atoms with Gasteiger partial charge in [-0.1, -0.05) is 53.5 Å². The number of halogens is 2. The van der Waals surface area contributed by atoms with Crippen molar-refractivity contribution in [2.24, 2.45) is 0 Å². The summed E-state index contributed by atoms with van der Waals surface area (Å²) < 4.78 is 0. The lowest BCUT2D eigenvalue weighted by atomic mass is 10.2. The zero-order valence-electron chi connectivity index (χ0n) is 10.8. The normalized spacial score (nSPS) is 11.3. The molecule has 2 aromatic heterocycles. The van der Waals surface area contributed by atoms with E-state index in [-0.39, 0.29) is 0 Å². The van der Waals surface area contributed by atoms with Crippen LogP contribution in [0.25, 0.3) is 33.3 Å². The number of fused-ring (bicyclic) bond motifs is 3. The van der Waals surface area contributed by atoms with Gasteiger partial charge in [0, 0.05) is 10.9 Å². The summed E-state index contributed by atoms with van der Waals surface area (Å²) in [6, 6.07) is 15.4. The first-order chi connectivity index (χ1) is 10.2. The molecule has 0 amide bonds. The number of nitrogens with one attached hydrogen (secondary N) is 1. The van der Waals surface area contributed by atoms with Crippen molar-refractivity contribution in [2.45, 2.75) is 0 Å². The first-order valence-electron chi connectivity index (χ1n) is 6.43. The summed E-state index contributed by atoms with van der Waals surface area (Å²) in [5.41, 5.74) is 3.20. The molecule has 5 heteroatoms. The van der Waals surface area contributed by atoms with Crippen LogP contribution in [0.3, 0.4) is 0 Å². The Balaban J connectivity index is 2.09. The van der Waals surface area contributed by atoms with Gasteiger partial charge in [0.15, 0.2) is 5.15 Å². The van der Waals surface area contributed by atoms with Crippen LogP contribution in [0.4, 0.5) is 0 Å². The maximum Gasteiger partial charge on any atom is 0.155 e. The fraction of sp³-hybridized carbons (Fsp3) is 0. The van der Waals surface area contributed by atoms with Gasteiger partial charge in [0.1, 0.15) is 16.9 Å². The number of hydrogen-bond acceptors (Lipinski definition) is 2. The van der Waals surface area contributed by atoms with Gasteiger partial charge in [-0.2, -0.15) is 0 Å². The largest absolute Gasteiger partial charge is 0.335 e. The van der Waals surface area contributed by atoms with Crippen LogP contribution in [-0.4, -0.2) is 15.0 Å². The number of hydrogen-bond donors (Lipinski definition) is 1. The Hall–Kier alpha value is -2.10. The Labute approximate surface area is 130 Å². The minimum atomic E-state index is 0.412. The molecule has 4 rings (SSSR count). The predicted molar refractivity (Wildman–Crippen MR) is 86.9 cm³/mol. The van der Waals surface area contributed by atoms with E-state index in [1.807, 2.05) is 48.5 Å². The number of H-pyrrole nitrogens is 1. The Bertz CT molecular complexity index is 976. The zero-order chi connectivity index (χ0) is 14.4. The molecule has 2 aromatic carbocycles. The smallest absolute Gasteiger partial charge is 0.155 e. The first-order valence-corrected chi connectivity index (χ1v) is 7.18. The third-order valence-corrected chi connectivity index (χ3v) is 4.02. The molecule has 1 N–H and O–H groups in total. The van der Waals surface area contributed by atoms with E-state index in [1.54, 1.807) is 0 Å². The third kappa shape index (κ3) is 1.97. The number of aromatic amines is 1. The van der Waals surface area contributed by atoms with E-state index in [4.69, 9.17) is 23.2 Å². The number of aromatic nitrogens is 3. The second-order valence-corrected chi connectivity index (χ2v) is 5.47. The fourth-order valence-corrected chi connectivity index (χ4v) is 2.88. The van der Waals surface area contributed by atoms with Crippen molar-refractivity contribution in [3.63, 3.8) is 0 Å². The highest BCUT2D eigenvalue weighted by molar-refractivity contribution is 6.35. The van der Waals surface area contributed by atoms with Crippen molar-refractivity contribution in [2.75, 3.05) is 0 Å². The minimum absolute atomic E-state index is 0.412.